The summed E-state index contributed by atoms with van der Waals surface area (Å²) >= 11 is 0. The van der Waals surface area contributed by atoms with Gasteiger partial charge in [-0.3, -0.25) is 9.36 Å². The summed E-state index contributed by atoms with van der Waals surface area (Å²) in [5, 5.41) is 27.9. The van der Waals surface area contributed by atoms with E-state index in [4.69, 9.17) is 0 Å². The summed E-state index contributed by atoms with van der Waals surface area (Å²) in [6.07, 6.45) is 0. The molecule has 130 valence electrons. The molecule has 0 amide bonds. The van der Waals surface area contributed by atoms with E-state index >= 15 is 0 Å². The molecule has 0 aliphatic carbocycles. The molecule has 0 atom stereocenters. The van der Waals surface area contributed by atoms with Crippen molar-refractivity contribution in [2.24, 2.45) is 16.1 Å². The Kier molecular flexibility index (Phi) is 5.38. The number of aryl methyl sites for hydroxylation is 2. The molecule has 2 rings (SSSR count). The summed E-state index contributed by atoms with van der Waals surface area (Å²) in [5.74, 6) is -0.189. The Morgan fingerprint density at radius 1 is 1.24 bits per heavy atom. The summed E-state index contributed by atoms with van der Waals surface area (Å²) < 4.78 is 1.19. The van der Waals surface area contributed by atoms with Gasteiger partial charge in [0, 0.05) is 12.1 Å². The quantitative estimate of drug-likeness (QED) is 0.836. The van der Waals surface area contributed by atoms with Crippen LogP contribution in [0.3, 0.4) is 0 Å². The first-order valence-corrected chi connectivity index (χ1v) is 8.11. The van der Waals surface area contributed by atoms with Gasteiger partial charge in [0.25, 0.3) is 5.56 Å². The van der Waals surface area contributed by atoms with E-state index in [-0.39, 0.29) is 23.0 Å². The standard InChI is InChI=1S/C19H22N4O2/c1-11(2)10-23-18(24)15(9-20)14(5)17(19(23)25)22-21-16-7-6-12(3)8-13(16)4/h6-8,11,24H,10H2,1-5H3. The minimum absolute atomic E-state index is 0.0508. The molecule has 0 saturated carbocycles. The predicted octanol–water partition coefficient (Wildman–Crippen LogP) is 4.42. The van der Waals surface area contributed by atoms with E-state index in [1.165, 1.54) is 4.57 Å². The van der Waals surface area contributed by atoms with E-state index in [9.17, 15) is 15.2 Å². The van der Waals surface area contributed by atoms with Gasteiger partial charge in [-0.15, -0.1) is 5.11 Å². The zero-order valence-electron chi connectivity index (χ0n) is 15.2. The molecule has 0 bridgehead atoms. The summed E-state index contributed by atoms with van der Waals surface area (Å²) in [6.45, 7) is 9.65. The highest BCUT2D eigenvalue weighted by Crippen LogP contribution is 2.28. The van der Waals surface area contributed by atoms with Crippen LogP contribution in [-0.4, -0.2) is 9.67 Å². The fraction of sp³-hybridized carbons (Fsp3) is 0.368. The molecule has 2 aromatic rings. The largest absolute Gasteiger partial charge is 0.493 e. The molecule has 1 heterocycles. The van der Waals surface area contributed by atoms with Gasteiger partial charge in [-0.25, -0.2) is 0 Å². The molecule has 0 radical (unpaired) electrons. The number of nitriles is 1. The molecule has 6 heteroatoms. The number of nitrogens with zero attached hydrogens (tertiary/aromatic N) is 4. The molecule has 0 aliphatic rings. The summed E-state index contributed by atoms with van der Waals surface area (Å²) in [4.78, 5) is 12.7. The molecule has 0 fully saturated rings. The molecular weight excluding hydrogens is 316 g/mol. The van der Waals surface area contributed by atoms with Crippen LogP contribution in [0.1, 0.15) is 36.1 Å². The van der Waals surface area contributed by atoms with Gasteiger partial charge in [0.2, 0.25) is 5.88 Å². The van der Waals surface area contributed by atoms with E-state index < -0.39 is 5.56 Å². The number of hydrogen-bond donors (Lipinski definition) is 1. The lowest BCUT2D eigenvalue weighted by Gasteiger charge is -2.14. The Labute approximate surface area is 147 Å². The summed E-state index contributed by atoms with van der Waals surface area (Å²) in [7, 11) is 0. The average Bonchev–Trinajstić information content (AvgIpc) is 2.53. The number of aromatic hydroxyl groups is 1. The Hall–Kier alpha value is -2.94. The lowest BCUT2D eigenvalue weighted by molar-refractivity contribution is 0.381. The third kappa shape index (κ3) is 3.77. The van der Waals surface area contributed by atoms with E-state index in [2.05, 4.69) is 10.2 Å². The lowest BCUT2D eigenvalue weighted by atomic mass is 10.1. The van der Waals surface area contributed by atoms with Gasteiger partial charge in [0.05, 0.1) is 5.69 Å². The number of rotatable bonds is 4. The molecule has 0 spiro atoms. The van der Waals surface area contributed by atoms with Crippen LogP contribution < -0.4 is 5.56 Å². The van der Waals surface area contributed by atoms with E-state index in [1.54, 1.807) is 6.92 Å². The highest BCUT2D eigenvalue weighted by molar-refractivity contribution is 5.57. The van der Waals surface area contributed by atoms with Crippen molar-refractivity contribution < 1.29 is 5.11 Å². The number of aromatic nitrogens is 1. The summed E-state index contributed by atoms with van der Waals surface area (Å²) in [6, 6.07) is 7.69. The Morgan fingerprint density at radius 2 is 1.92 bits per heavy atom. The highest BCUT2D eigenvalue weighted by Gasteiger charge is 2.19. The average molecular weight is 338 g/mol. The maximum Gasteiger partial charge on any atom is 0.281 e. The zero-order valence-corrected chi connectivity index (χ0v) is 15.2. The number of pyridine rings is 1. The molecule has 0 unspecified atom stereocenters. The van der Waals surface area contributed by atoms with Crippen molar-refractivity contribution >= 4 is 11.4 Å². The number of benzene rings is 1. The van der Waals surface area contributed by atoms with Crippen molar-refractivity contribution in [3.8, 4) is 11.9 Å². The van der Waals surface area contributed by atoms with Crippen molar-refractivity contribution in [3.63, 3.8) is 0 Å². The van der Waals surface area contributed by atoms with Gasteiger partial charge < -0.3 is 5.11 Å². The van der Waals surface area contributed by atoms with Crippen LogP contribution in [0.5, 0.6) is 5.88 Å². The van der Waals surface area contributed by atoms with Gasteiger partial charge in [0.15, 0.2) is 5.69 Å². The third-order valence-corrected chi connectivity index (χ3v) is 3.93. The molecule has 1 aromatic heterocycles. The molecule has 6 nitrogen and oxygen atoms in total. The van der Waals surface area contributed by atoms with Crippen molar-refractivity contribution in [2.45, 2.75) is 41.2 Å². The van der Waals surface area contributed by atoms with Gasteiger partial charge in [-0.1, -0.05) is 31.5 Å². The Bertz CT molecular complexity index is 934. The molecular formula is C19H22N4O2. The van der Waals surface area contributed by atoms with Crippen LogP contribution in [0.15, 0.2) is 33.2 Å². The van der Waals surface area contributed by atoms with Crippen LogP contribution in [0.25, 0.3) is 0 Å². The first kappa shape index (κ1) is 18.4. The van der Waals surface area contributed by atoms with E-state index in [0.29, 0.717) is 17.8 Å². The Morgan fingerprint density at radius 3 is 2.48 bits per heavy atom. The second-order valence-electron chi connectivity index (χ2n) is 6.58. The molecule has 0 aliphatic heterocycles. The zero-order chi connectivity index (χ0) is 18.7. The van der Waals surface area contributed by atoms with Crippen LogP contribution >= 0.6 is 0 Å². The fourth-order valence-electron chi connectivity index (χ4n) is 2.61. The molecule has 1 N–H and O–H groups in total. The SMILES string of the molecule is Cc1ccc(N=Nc2c(C)c(C#N)c(O)n(CC(C)C)c2=O)c(C)c1. The second kappa shape index (κ2) is 7.31. The summed E-state index contributed by atoms with van der Waals surface area (Å²) in [5.41, 5.74) is 2.73. The molecule has 25 heavy (non-hydrogen) atoms. The monoisotopic (exact) mass is 338 g/mol. The predicted molar refractivity (Wildman–Crippen MR) is 96.7 cm³/mol. The van der Waals surface area contributed by atoms with Crippen LogP contribution in [-0.2, 0) is 6.54 Å². The first-order chi connectivity index (χ1) is 11.8. The number of hydrogen-bond acceptors (Lipinski definition) is 5. The van der Waals surface area contributed by atoms with Crippen molar-refractivity contribution in [1.82, 2.24) is 4.57 Å². The van der Waals surface area contributed by atoms with Crippen LogP contribution in [0, 0.1) is 38.0 Å². The maximum atomic E-state index is 12.7. The van der Waals surface area contributed by atoms with Crippen LogP contribution in [0.4, 0.5) is 11.4 Å². The third-order valence-electron chi connectivity index (χ3n) is 3.93. The molecule has 0 saturated heterocycles. The van der Waals surface area contributed by atoms with Crippen molar-refractivity contribution in [3.05, 3.63) is 50.8 Å². The minimum atomic E-state index is -0.448. The van der Waals surface area contributed by atoms with Crippen LogP contribution in [0.2, 0.25) is 0 Å². The molecule has 1 aromatic carbocycles. The lowest BCUT2D eigenvalue weighted by Crippen LogP contribution is -2.24. The first-order valence-electron chi connectivity index (χ1n) is 8.11. The highest BCUT2D eigenvalue weighted by atomic mass is 16.3. The maximum absolute atomic E-state index is 12.7. The Balaban J connectivity index is 2.62. The van der Waals surface area contributed by atoms with E-state index in [0.717, 1.165) is 11.1 Å². The van der Waals surface area contributed by atoms with E-state index in [1.807, 2.05) is 52.0 Å². The van der Waals surface area contributed by atoms with Gasteiger partial charge >= 0.3 is 0 Å². The van der Waals surface area contributed by atoms with Gasteiger partial charge in [-0.05, 0) is 38.3 Å². The second-order valence-corrected chi connectivity index (χ2v) is 6.58. The van der Waals surface area contributed by atoms with Gasteiger partial charge in [0.1, 0.15) is 11.6 Å². The minimum Gasteiger partial charge on any atom is -0.493 e. The topological polar surface area (TPSA) is 90.7 Å². The normalized spacial score (nSPS) is 11.2. The van der Waals surface area contributed by atoms with Crippen molar-refractivity contribution in [1.29, 1.82) is 5.26 Å². The van der Waals surface area contributed by atoms with Crippen molar-refractivity contribution in [2.75, 3.05) is 0 Å². The van der Waals surface area contributed by atoms with Gasteiger partial charge in [-0.2, -0.15) is 10.4 Å². The smallest absolute Gasteiger partial charge is 0.281 e. The number of azo groups is 1. The fourth-order valence-corrected chi connectivity index (χ4v) is 2.61.